The molecule has 1 fully saturated rings. The van der Waals surface area contributed by atoms with Crippen molar-refractivity contribution >= 4 is 0 Å². The second-order valence-electron chi connectivity index (χ2n) is 7.72. The minimum absolute atomic E-state index is 0.379. The Morgan fingerprint density at radius 1 is 1.14 bits per heavy atom. The van der Waals surface area contributed by atoms with Gasteiger partial charge in [-0.15, -0.1) is 0 Å². The number of nitrogens with zero attached hydrogens (tertiary/aromatic N) is 4. The van der Waals surface area contributed by atoms with E-state index in [-0.39, 0.29) is 0 Å². The van der Waals surface area contributed by atoms with Crippen LogP contribution in [0.1, 0.15) is 47.0 Å². The van der Waals surface area contributed by atoms with Gasteiger partial charge in [-0.3, -0.25) is 14.6 Å². The van der Waals surface area contributed by atoms with Crippen molar-refractivity contribution in [2.24, 2.45) is 7.05 Å². The predicted octanol–water partition coefficient (Wildman–Crippen LogP) is 4.06. The third kappa shape index (κ3) is 4.25. The van der Waals surface area contributed by atoms with Gasteiger partial charge in [0.15, 0.2) is 0 Å². The lowest BCUT2D eigenvalue weighted by Crippen LogP contribution is -2.23. The molecule has 1 aliphatic heterocycles. The van der Waals surface area contributed by atoms with Gasteiger partial charge in [0, 0.05) is 31.0 Å². The van der Waals surface area contributed by atoms with Gasteiger partial charge in [0.1, 0.15) is 5.75 Å². The summed E-state index contributed by atoms with van der Waals surface area (Å²) in [6.07, 6.45) is 7.34. The number of pyridine rings is 1. The van der Waals surface area contributed by atoms with Gasteiger partial charge in [-0.1, -0.05) is 12.1 Å². The number of rotatable bonds is 6. The van der Waals surface area contributed by atoms with Crippen molar-refractivity contribution < 1.29 is 4.74 Å². The highest BCUT2D eigenvalue weighted by Crippen LogP contribution is 2.33. The fourth-order valence-corrected chi connectivity index (χ4v) is 4.20. The number of likely N-dealkylation sites (tertiary alicyclic amines) is 1. The number of aromatic nitrogens is 3. The molecule has 3 aromatic rings. The van der Waals surface area contributed by atoms with Crippen molar-refractivity contribution in [1.29, 1.82) is 0 Å². The van der Waals surface area contributed by atoms with Crippen LogP contribution in [0.4, 0.5) is 0 Å². The average Bonchev–Trinajstić information content (AvgIpc) is 3.30. The summed E-state index contributed by atoms with van der Waals surface area (Å²) in [5, 5.41) is 4.31. The van der Waals surface area contributed by atoms with Crippen LogP contribution >= 0.6 is 0 Å². The Hall–Kier alpha value is -2.66. The number of hydrogen-bond acceptors (Lipinski definition) is 4. The van der Waals surface area contributed by atoms with E-state index in [1.165, 1.54) is 28.8 Å². The van der Waals surface area contributed by atoms with Crippen LogP contribution in [-0.2, 0) is 20.0 Å². The molecule has 1 saturated heterocycles. The Morgan fingerprint density at radius 2 is 2.04 bits per heavy atom. The lowest BCUT2D eigenvalue weighted by Gasteiger charge is -2.24. The molecule has 0 saturated carbocycles. The summed E-state index contributed by atoms with van der Waals surface area (Å²) in [6, 6.07) is 13.2. The Balaban J connectivity index is 1.55. The summed E-state index contributed by atoms with van der Waals surface area (Å²) in [7, 11) is 3.68. The van der Waals surface area contributed by atoms with Gasteiger partial charge in [0.2, 0.25) is 0 Å². The highest BCUT2D eigenvalue weighted by molar-refractivity contribution is 5.34. The standard InChI is InChI=1S/C23H28N4O/c1-17-10-19(11-18-6-4-7-21(12-18)28-3)13-22(25-17)23-8-5-9-27(23)16-20-14-24-26(2)15-20/h4,6-7,10,12-15,23H,5,8-9,11,16H2,1-3H3/t23-/m0/s1. The molecular weight excluding hydrogens is 348 g/mol. The summed E-state index contributed by atoms with van der Waals surface area (Å²) in [6.45, 7) is 4.14. The third-order valence-corrected chi connectivity index (χ3v) is 5.42. The largest absolute Gasteiger partial charge is 0.497 e. The van der Waals surface area contributed by atoms with Crippen LogP contribution in [-0.4, -0.2) is 33.3 Å². The molecular formula is C23H28N4O. The molecule has 0 aliphatic carbocycles. The highest BCUT2D eigenvalue weighted by Gasteiger charge is 2.27. The fraction of sp³-hybridized carbons (Fsp3) is 0.391. The molecule has 5 heteroatoms. The molecule has 2 aromatic heterocycles. The van der Waals surface area contributed by atoms with Crippen LogP contribution in [0.25, 0.3) is 0 Å². The van der Waals surface area contributed by atoms with E-state index in [4.69, 9.17) is 9.72 Å². The van der Waals surface area contributed by atoms with Crippen LogP contribution in [0.3, 0.4) is 0 Å². The summed E-state index contributed by atoms with van der Waals surface area (Å²) >= 11 is 0. The molecule has 0 unspecified atom stereocenters. The molecule has 0 radical (unpaired) electrons. The molecule has 146 valence electrons. The van der Waals surface area contributed by atoms with Gasteiger partial charge >= 0.3 is 0 Å². The maximum absolute atomic E-state index is 5.37. The number of hydrogen-bond donors (Lipinski definition) is 0. The zero-order valence-electron chi connectivity index (χ0n) is 16.9. The van der Waals surface area contributed by atoms with Crippen molar-refractivity contribution in [2.45, 2.75) is 38.8 Å². The molecule has 0 amide bonds. The minimum Gasteiger partial charge on any atom is -0.497 e. The van der Waals surface area contributed by atoms with Crippen LogP contribution in [0.15, 0.2) is 48.8 Å². The van der Waals surface area contributed by atoms with E-state index in [9.17, 15) is 0 Å². The minimum atomic E-state index is 0.379. The topological polar surface area (TPSA) is 43.2 Å². The number of aryl methyl sites for hydroxylation is 2. The quantitative estimate of drug-likeness (QED) is 0.651. The first-order valence-corrected chi connectivity index (χ1v) is 9.92. The van der Waals surface area contributed by atoms with Gasteiger partial charge in [-0.2, -0.15) is 5.10 Å². The average molecular weight is 377 g/mol. The lowest BCUT2D eigenvalue weighted by molar-refractivity contribution is 0.244. The summed E-state index contributed by atoms with van der Waals surface area (Å²) in [5.74, 6) is 0.905. The first kappa shape index (κ1) is 18.7. The Bertz CT molecular complexity index is 949. The van der Waals surface area contributed by atoms with Gasteiger partial charge in [-0.05, 0) is 68.1 Å². The zero-order valence-corrected chi connectivity index (χ0v) is 16.9. The van der Waals surface area contributed by atoms with Crippen LogP contribution in [0, 0.1) is 6.92 Å². The smallest absolute Gasteiger partial charge is 0.119 e. The second-order valence-corrected chi connectivity index (χ2v) is 7.72. The number of ether oxygens (including phenoxy) is 1. The Labute approximate surface area is 167 Å². The van der Waals surface area contributed by atoms with E-state index in [2.05, 4.69) is 53.5 Å². The van der Waals surface area contributed by atoms with Crippen LogP contribution in [0.2, 0.25) is 0 Å². The fourth-order valence-electron chi connectivity index (χ4n) is 4.20. The van der Waals surface area contributed by atoms with E-state index in [1.54, 1.807) is 7.11 Å². The van der Waals surface area contributed by atoms with E-state index in [1.807, 2.05) is 24.0 Å². The third-order valence-electron chi connectivity index (χ3n) is 5.42. The predicted molar refractivity (Wildman–Crippen MR) is 110 cm³/mol. The summed E-state index contributed by atoms with van der Waals surface area (Å²) < 4.78 is 7.24. The van der Waals surface area contributed by atoms with Crippen LogP contribution in [0.5, 0.6) is 5.75 Å². The maximum Gasteiger partial charge on any atom is 0.119 e. The zero-order chi connectivity index (χ0) is 19.5. The van der Waals surface area contributed by atoms with Crippen molar-refractivity contribution in [1.82, 2.24) is 19.7 Å². The van der Waals surface area contributed by atoms with Gasteiger partial charge in [0.05, 0.1) is 25.0 Å². The monoisotopic (exact) mass is 376 g/mol. The van der Waals surface area contributed by atoms with Crippen molar-refractivity contribution in [3.63, 3.8) is 0 Å². The molecule has 1 atom stereocenters. The van der Waals surface area contributed by atoms with E-state index in [0.717, 1.165) is 37.4 Å². The van der Waals surface area contributed by atoms with Crippen molar-refractivity contribution in [3.05, 3.63) is 76.9 Å². The molecule has 4 rings (SSSR count). The first-order valence-electron chi connectivity index (χ1n) is 9.92. The van der Waals surface area contributed by atoms with E-state index >= 15 is 0 Å². The SMILES string of the molecule is COc1cccc(Cc2cc(C)nc([C@@H]3CCCN3Cc3cnn(C)c3)c2)c1. The lowest BCUT2D eigenvalue weighted by atomic mass is 10.0. The summed E-state index contributed by atoms with van der Waals surface area (Å²) in [5.41, 5.74) is 6.11. The highest BCUT2D eigenvalue weighted by atomic mass is 16.5. The Kier molecular flexibility index (Phi) is 5.44. The maximum atomic E-state index is 5.37. The molecule has 1 aliphatic rings. The molecule has 28 heavy (non-hydrogen) atoms. The van der Waals surface area contributed by atoms with E-state index in [0.29, 0.717) is 6.04 Å². The van der Waals surface area contributed by atoms with Gasteiger partial charge < -0.3 is 4.74 Å². The molecule has 5 nitrogen and oxygen atoms in total. The van der Waals surface area contributed by atoms with Crippen molar-refractivity contribution in [3.8, 4) is 5.75 Å². The van der Waals surface area contributed by atoms with E-state index < -0.39 is 0 Å². The Morgan fingerprint density at radius 3 is 2.82 bits per heavy atom. The molecule has 1 aromatic carbocycles. The molecule has 0 spiro atoms. The first-order chi connectivity index (χ1) is 13.6. The summed E-state index contributed by atoms with van der Waals surface area (Å²) in [4.78, 5) is 7.44. The number of methoxy groups -OCH3 is 1. The van der Waals surface area contributed by atoms with Gasteiger partial charge in [0.25, 0.3) is 0 Å². The molecule has 0 N–H and O–H groups in total. The van der Waals surface area contributed by atoms with Gasteiger partial charge in [-0.25, -0.2) is 0 Å². The van der Waals surface area contributed by atoms with Crippen LogP contribution < -0.4 is 4.74 Å². The van der Waals surface area contributed by atoms with Crippen molar-refractivity contribution in [2.75, 3.05) is 13.7 Å². The normalized spacial score (nSPS) is 17.2. The molecule has 3 heterocycles. The number of benzene rings is 1. The second kappa shape index (κ2) is 8.15. The molecule has 0 bridgehead atoms.